The summed E-state index contributed by atoms with van der Waals surface area (Å²) in [6.45, 7) is 0. The molecule has 3 rings (SSSR count). The summed E-state index contributed by atoms with van der Waals surface area (Å²) >= 11 is 2.76. The van der Waals surface area contributed by atoms with Crippen LogP contribution in [-0.2, 0) is 5.75 Å². The lowest BCUT2D eigenvalue weighted by Gasteiger charge is -1.99. The fraction of sp³-hybridized carbons (Fsp3) is 0.0714. The first-order chi connectivity index (χ1) is 9.63. The van der Waals surface area contributed by atoms with E-state index in [1.54, 1.807) is 12.1 Å². The molecule has 0 radical (unpaired) electrons. The average Bonchev–Trinajstić information content (AvgIpc) is 2.85. The summed E-state index contributed by atoms with van der Waals surface area (Å²) in [7, 11) is 0. The van der Waals surface area contributed by atoms with Crippen LogP contribution in [0.5, 0.6) is 0 Å². The van der Waals surface area contributed by atoms with E-state index in [2.05, 4.69) is 4.98 Å². The quantitative estimate of drug-likeness (QED) is 0.631. The first kappa shape index (κ1) is 13.5. The largest absolute Gasteiger partial charge is 0.227 e. The number of fused-ring (bicyclic) bond motifs is 1. The molecule has 102 valence electrons. The Labute approximate surface area is 121 Å². The maximum absolute atomic E-state index is 13.5. The second-order valence-corrected chi connectivity index (χ2v) is 6.36. The zero-order valence-corrected chi connectivity index (χ0v) is 11.7. The topological polar surface area (TPSA) is 12.9 Å². The van der Waals surface area contributed by atoms with Gasteiger partial charge in [0.05, 0.1) is 4.70 Å². The summed E-state index contributed by atoms with van der Waals surface area (Å²) in [5.74, 6) is -1.61. The van der Waals surface area contributed by atoms with E-state index in [9.17, 15) is 13.2 Å². The predicted molar refractivity (Wildman–Crippen MR) is 75.5 cm³/mol. The van der Waals surface area contributed by atoms with Crippen molar-refractivity contribution in [3.05, 3.63) is 59.4 Å². The van der Waals surface area contributed by atoms with Crippen molar-refractivity contribution in [1.82, 2.24) is 4.98 Å². The lowest BCUT2D eigenvalue weighted by molar-refractivity contribution is 0.507. The van der Waals surface area contributed by atoms with Crippen molar-refractivity contribution in [3.63, 3.8) is 0 Å². The Morgan fingerprint density at radius 3 is 2.60 bits per heavy atom. The molecule has 6 heteroatoms. The van der Waals surface area contributed by atoms with Crippen molar-refractivity contribution in [2.75, 3.05) is 0 Å². The van der Waals surface area contributed by atoms with Gasteiger partial charge < -0.3 is 0 Å². The van der Waals surface area contributed by atoms with Crippen LogP contribution in [0, 0.1) is 17.5 Å². The number of hydrogen-bond donors (Lipinski definition) is 0. The summed E-state index contributed by atoms with van der Waals surface area (Å²) in [4.78, 5) is 4.21. The van der Waals surface area contributed by atoms with Gasteiger partial charge in [-0.1, -0.05) is 23.9 Å². The Kier molecular flexibility index (Phi) is 3.67. The molecule has 0 bridgehead atoms. The molecule has 1 nitrogen and oxygen atoms in total. The van der Waals surface area contributed by atoms with Crippen LogP contribution in [0.25, 0.3) is 10.2 Å². The molecule has 1 aromatic heterocycles. The lowest BCUT2D eigenvalue weighted by atomic mass is 10.2. The van der Waals surface area contributed by atoms with Gasteiger partial charge in [-0.05, 0) is 29.8 Å². The van der Waals surface area contributed by atoms with Crippen molar-refractivity contribution in [3.8, 4) is 0 Å². The van der Waals surface area contributed by atoms with Crippen LogP contribution in [0.4, 0.5) is 13.2 Å². The first-order valence-electron chi connectivity index (χ1n) is 5.75. The lowest BCUT2D eigenvalue weighted by Crippen LogP contribution is -1.87. The third kappa shape index (κ3) is 2.66. The Bertz CT molecular complexity index is 770. The van der Waals surface area contributed by atoms with Crippen LogP contribution in [0.2, 0.25) is 0 Å². The molecule has 0 unspecified atom stereocenters. The standard InChI is InChI=1S/C14H8F3NS2/c15-9-5-4-8(6-11(9)17)7-19-14-18-13-10(16)2-1-3-12(13)20-14/h1-6H,7H2. The van der Waals surface area contributed by atoms with Crippen LogP contribution < -0.4 is 0 Å². The molecule has 0 spiro atoms. The molecule has 3 aromatic rings. The summed E-state index contributed by atoms with van der Waals surface area (Å²) in [5, 5.41) is 0. The minimum atomic E-state index is -0.863. The van der Waals surface area contributed by atoms with Crippen molar-refractivity contribution in [2.24, 2.45) is 0 Å². The molecule has 0 aliphatic heterocycles. The SMILES string of the molecule is Fc1ccc(CSc2nc3c(F)cccc3s2)cc1F. The van der Waals surface area contributed by atoms with Gasteiger partial charge in [0, 0.05) is 5.75 Å². The fourth-order valence-corrected chi connectivity index (χ4v) is 3.75. The van der Waals surface area contributed by atoms with Gasteiger partial charge in [-0.2, -0.15) is 0 Å². The number of nitrogens with zero attached hydrogens (tertiary/aromatic N) is 1. The van der Waals surface area contributed by atoms with Gasteiger partial charge in [0.15, 0.2) is 16.0 Å². The highest BCUT2D eigenvalue weighted by atomic mass is 32.2. The van der Waals surface area contributed by atoms with E-state index in [1.807, 2.05) is 0 Å². The van der Waals surface area contributed by atoms with Crippen molar-refractivity contribution < 1.29 is 13.2 Å². The van der Waals surface area contributed by atoms with E-state index in [0.717, 1.165) is 16.8 Å². The van der Waals surface area contributed by atoms with Crippen molar-refractivity contribution in [1.29, 1.82) is 0 Å². The monoisotopic (exact) mass is 311 g/mol. The molecule has 0 saturated heterocycles. The number of thioether (sulfide) groups is 1. The molecule has 20 heavy (non-hydrogen) atoms. The minimum absolute atomic E-state index is 0.349. The Balaban J connectivity index is 1.79. The van der Waals surface area contributed by atoms with Gasteiger partial charge in [-0.15, -0.1) is 11.3 Å². The Hall–Kier alpha value is -1.53. The molecular weight excluding hydrogens is 303 g/mol. The Morgan fingerprint density at radius 1 is 1.00 bits per heavy atom. The maximum Gasteiger partial charge on any atom is 0.159 e. The molecule has 0 atom stereocenters. The molecular formula is C14H8F3NS2. The van der Waals surface area contributed by atoms with Crippen LogP contribution in [0.3, 0.4) is 0 Å². The van der Waals surface area contributed by atoms with Gasteiger partial charge in [0.1, 0.15) is 11.3 Å². The minimum Gasteiger partial charge on any atom is -0.227 e. The second-order valence-electron chi connectivity index (χ2n) is 4.10. The third-order valence-electron chi connectivity index (χ3n) is 2.70. The highest BCUT2D eigenvalue weighted by Gasteiger charge is 2.09. The number of rotatable bonds is 3. The summed E-state index contributed by atoms with van der Waals surface area (Å²) in [6.07, 6.45) is 0. The molecule has 0 saturated carbocycles. The number of halogens is 3. The summed E-state index contributed by atoms with van der Waals surface area (Å²) in [6, 6.07) is 8.60. The highest BCUT2D eigenvalue weighted by Crippen LogP contribution is 2.32. The third-order valence-corrected chi connectivity index (χ3v) is 4.93. The average molecular weight is 311 g/mol. The van der Waals surface area contributed by atoms with Gasteiger partial charge >= 0.3 is 0 Å². The molecule has 2 aromatic carbocycles. The van der Waals surface area contributed by atoms with Gasteiger partial charge in [-0.3, -0.25) is 0 Å². The smallest absolute Gasteiger partial charge is 0.159 e. The van der Waals surface area contributed by atoms with Crippen LogP contribution >= 0.6 is 23.1 Å². The number of hydrogen-bond acceptors (Lipinski definition) is 3. The van der Waals surface area contributed by atoms with Crippen LogP contribution in [-0.4, -0.2) is 4.98 Å². The number of thiazole rings is 1. The maximum atomic E-state index is 13.5. The van der Waals surface area contributed by atoms with Gasteiger partial charge in [0.25, 0.3) is 0 Å². The number of benzene rings is 2. The number of para-hydroxylation sites is 1. The van der Waals surface area contributed by atoms with E-state index < -0.39 is 11.6 Å². The molecule has 0 N–H and O–H groups in total. The summed E-state index contributed by atoms with van der Waals surface area (Å²) < 4.78 is 40.9. The molecule has 0 fully saturated rings. The van der Waals surface area contributed by atoms with Crippen LogP contribution in [0.1, 0.15) is 5.56 Å². The van der Waals surface area contributed by atoms with Crippen molar-refractivity contribution in [2.45, 2.75) is 10.1 Å². The van der Waals surface area contributed by atoms with E-state index in [-0.39, 0.29) is 5.82 Å². The van der Waals surface area contributed by atoms with E-state index in [0.29, 0.717) is 21.2 Å². The van der Waals surface area contributed by atoms with Gasteiger partial charge in [-0.25, -0.2) is 18.2 Å². The second kappa shape index (κ2) is 5.46. The van der Waals surface area contributed by atoms with Crippen LogP contribution in [0.15, 0.2) is 40.7 Å². The van der Waals surface area contributed by atoms with Crippen molar-refractivity contribution >= 4 is 33.3 Å². The molecule has 1 heterocycles. The summed E-state index contributed by atoms with van der Waals surface area (Å²) in [5.41, 5.74) is 1.01. The fourth-order valence-electron chi connectivity index (χ4n) is 1.73. The van der Waals surface area contributed by atoms with E-state index in [1.165, 1.54) is 35.2 Å². The Morgan fingerprint density at radius 2 is 1.85 bits per heavy atom. The molecule has 0 aliphatic carbocycles. The first-order valence-corrected chi connectivity index (χ1v) is 7.55. The predicted octanol–water partition coefficient (Wildman–Crippen LogP) is 5.01. The van der Waals surface area contributed by atoms with E-state index in [4.69, 9.17) is 0 Å². The number of aromatic nitrogens is 1. The highest BCUT2D eigenvalue weighted by molar-refractivity contribution is 8.00. The zero-order chi connectivity index (χ0) is 14.1. The molecule has 0 aliphatic rings. The molecule has 0 amide bonds. The van der Waals surface area contributed by atoms with Gasteiger partial charge in [0.2, 0.25) is 0 Å². The normalized spacial score (nSPS) is 11.2. The zero-order valence-electron chi connectivity index (χ0n) is 10.1. The van der Waals surface area contributed by atoms with E-state index >= 15 is 0 Å².